The largest absolute Gasteiger partial charge is 0.545 e. The van der Waals surface area contributed by atoms with Gasteiger partial charge in [0.15, 0.2) is 12.4 Å². The maximum Gasteiger partial charge on any atom is 0.306 e. The second-order valence-corrected chi connectivity index (χ2v) is 25.1. The lowest BCUT2D eigenvalue weighted by Gasteiger charge is -2.26. The van der Waals surface area contributed by atoms with Gasteiger partial charge in [-0.15, -0.1) is 0 Å². The van der Waals surface area contributed by atoms with Gasteiger partial charge in [0.05, 0.1) is 40.3 Å². The molecule has 0 aromatic rings. The van der Waals surface area contributed by atoms with Crippen LogP contribution in [0.2, 0.25) is 0 Å². The van der Waals surface area contributed by atoms with E-state index in [1.165, 1.54) is 205 Å². The van der Waals surface area contributed by atoms with Crippen LogP contribution in [0.5, 0.6) is 0 Å². The molecule has 2 atom stereocenters. The van der Waals surface area contributed by atoms with Gasteiger partial charge in [0.1, 0.15) is 13.2 Å². The second-order valence-electron chi connectivity index (χ2n) is 25.1. The van der Waals surface area contributed by atoms with Gasteiger partial charge in [0.25, 0.3) is 0 Å². The standard InChI is InChI=1S/C76H135NO8/c1-6-8-10-12-14-16-18-20-22-24-26-28-30-32-34-35-36-37-38-39-41-42-44-46-48-50-52-54-56-58-60-62-64-66-73(78)83-70-72(71-84-76(75(80)81)82-69-68-77(3,4)5)85-74(79)67-65-63-61-59-57-55-53-51-49-47-45-43-40-33-31-29-27-25-23-21-19-17-15-13-11-9-7-2/h9,11,15,17-18,20-21,23-24,26-27,29,33,40,72,76H,6-8,10,12-14,16,19,22,25,28,30-32,34-39,41-71H2,1-5H3/b11-9-,17-15-,20-18-,23-21-,26-24-,29-27-,40-33-. The van der Waals surface area contributed by atoms with Crippen molar-refractivity contribution in [2.24, 2.45) is 0 Å². The second kappa shape index (κ2) is 66.4. The molecule has 0 fully saturated rings. The highest BCUT2D eigenvalue weighted by molar-refractivity contribution is 5.70. The van der Waals surface area contributed by atoms with E-state index in [2.05, 4.69) is 98.9 Å². The summed E-state index contributed by atoms with van der Waals surface area (Å²) in [6.45, 7) is 4.66. The SMILES string of the molecule is CC/C=C\C/C=C\C/C=C\C/C=C\C/C=C\CCCCCCCCCCCCCC(=O)OC(COC(=O)CCCCCCCCCCCCCCCCCCCCCCC/C=C\C/C=C\CCCCCCC)COC(OCC[N+](C)(C)C)C(=O)[O-]. The molecule has 2 unspecified atom stereocenters. The molecule has 0 aliphatic rings. The summed E-state index contributed by atoms with van der Waals surface area (Å²) in [6.07, 6.45) is 86.7. The Morgan fingerprint density at radius 3 is 1.00 bits per heavy atom. The third-order valence-corrected chi connectivity index (χ3v) is 15.6. The van der Waals surface area contributed by atoms with Crippen molar-refractivity contribution in [3.8, 4) is 0 Å². The van der Waals surface area contributed by atoms with Crippen LogP contribution in [0.3, 0.4) is 0 Å². The van der Waals surface area contributed by atoms with E-state index in [9.17, 15) is 19.5 Å². The minimum atomic E-state index is -1.63. The van der Waals surface area contributed by atoms with E-state index >= 15 is 0 Å². The van der Waals surface area contributed by atoms with Gasteiger partial charge < -0.3 is 33.3 Å². The third kappa shape index (κ3) is 67.8. The molecule has 9 nitrogen and oxygen atoms in total. The van der Waals surface area contributed by atoms with E-state index in [1.807, 2.05) is 21.1 Å². The molecule has 0 saturated heterocycles. The van der Waals surface area contributed by atoms with Crippen molar-refractivity contribution in [1.29, 1.82) is 0 Å². The lowest BCUT2D eigenvalue weighted by Crippen LogP contribution is -2.44. The fourth-order valence-corrected chi connectivity index (χ4v) is 10.2. The first-order valence-electron chi connectivity index (χ1n) is 35.7. The number of carbonyl (C=O) groups is 3. The number of aliphatic carboxylic acids is 1. The zero-order chi connectivity index (χ0) is 61.9. The summed E-state index contributed by atoms with van der Waals surface area (Å²) in [4.78, 5) is 37.5. The molecule has 85 heavy (non-hydrogen) atoms. The molecule has 0 bridgehead atoms. The summed E-state index contributed by atoms with van der Waals surface area (Å²) in [7, 11) is 5.93. The van der Waals surface area contributed by atoms with Crippen molar-refractivity contribution in [1.82, 2.24) is 0 Å². The van der Waals surface area contributed by atoms with E-state index in [1.54, 1.807) is 0 Å². The maximum absolute atomic E-state index is 12.9. The van der Waals surface area contributed by atoms with Crippen molar-refractivity contribution in [2.45, 2.75) is 334 Å². The molecule has 0 aromatic carbocycles. The Labute approximate surface area is 525 Å². The number of esters is 2. The lowest BCUT2D eigenvalue weighted by atomic mass is 10.0. The average Bonchev–Trinajstić information content (AvgIpc) is 3.48. The van der Waals surface area contributed by atoms with Crippen molar-refractivity contribution in [3.63, 3.8) is 0 Å². The maximum atomic E-state index is 12.9. The number of rotatable bonds is 66. The van der Waals surface area contributed by atoms with E-state index in [4.69, 9.17) is 18.9 Å². The quantitative estimate of drug-likeness (QED) is 0.0195. The van der Waals surface area contributed by atoms with Gasteiger partial charge in [-0.3, -0.25) is 9.59 Å². The number of nitrogens with zero attached hydrogens (tertiary/aromatic N) is 1. The molecule has 0 aliphatic carbocycles. The molecule has 0 aliphatic heterocycles. The minimum Gasteiger partial charge on any atom is -0.545 e. The summed E-state index contributed by atoms with van der Waals surface area (Å²) >= 11 is 0. The molecule has 0 radical (unpaired) electrons. The molecule has 0 aromatic heterocycles. The van der Waals surface area contributed by atoms with Gasteiger partial charge in [-0.2, -0.15) is 0 Å². The van der Waals surface area contributed by atoms with Gasteiger partial charge in [0, 0.05) is 12.8 Å². The van der Waals surface area contributed by atoms with Gasteiger partial charge >= 0.3 is 11.9 Å². The topological polar surface area (TPSA) is 111 Å². The number of carbonyl (C=O) groups excluding carboxylic acids is 3. The molecule has 492 valence electrons. The van der Waals surface area contributed by atoms with Gasteiger partial charge in [-0.05, 0) is 89.9 Å². The minimum absolute atomic E-state index is 0.145. The molecule has 0 rings (SSSR count). The number of unbranched alkanes of at least 4 members (excludes halogenated alkanes) is 37. The number of hydrogen-bond acceptors (Lipinski definition) is 8. The molecule has 0 amide bonds. The highest BCUT2D eigenvalue weighted by Gasteiger charge is 2.22. The molecule has 0 saturated carbocycles. The van der Waals surface area contributed by atoms with E-state index in [0.29, 0.717) is 23.9 Å². The number of allylic oxidation sites excluding steroid dienone is 14. The van der Waals surface area contributed by atoms with Crippen LogP contribution in [0.4, 0.5) is 0 Å². The Morgan fingerprint density at radius 1 is 0.365 bits per heavy atom. The Morgan fingerprint density at radius 2 is 0.671 bits per heavy atom. The first kappa shape index (κ1) is 81.5. The fourth-order valence-electron chi connectivity index (χ4n) is 10.2. The number of likely N-dealkylation sites (N-methyl/N-ethyl adjacent to an activating group) is 1. The number of carboxylic acid groups (broad SMARTS) is 1. The number of carboxylic acids is 1. The van der Waals surface area contributed by atoms with E-state index in [0.717, 1.165) is 83.5 Å². The first-order valence-corrected chi connectivity index (χ1v) is 35.7. The summed E-state index contributed by atoms with van der Waals surface area (Å²) in [5, 5.41) is 11.8. The van der Waals surface area contributed by atoms with Crippen LogP contribution >= 0.6 is 0 Å². The number of quaternary nitrogens is 1. The fraction of sp³-hybridized carbons (Fsp3) is 0.776. The molecule has 0 N–H and O–H groups in total. The molecular formula is C76H135NO8. The zero-order valence-corrected chi connectivity index (χ0v) is 56.2. The lowest BCUT2D eigenvalue weighted by molar-refractivity contribution is -0.870. The van der Waals surface area contributed by atoms with Crippen LogP contribution in [0, 0.1) is 0 Å². The molecular weight excluding hydrogens is 1050 g/mol. The van der Waals surface area contributed by atoms with E-state index < -0.39 is 24.3 Å². The first-order chi connectivity index (χ1) is 41.6. The smallest absolute Gasteiger partial charge is 0.306 e. The predicted molar refractivity (Wildman–Crippen MR) is 361 cm³/mol. The molecule has 9 heteroatoms. The summed E-state index contributed by atoms with van der Waals surface area (Å²) in [5.41, 5.74) is 0. The van der Waals surface area contributed by atoms with Gasteiger partial charge in [-0.1, -0.05) is 304 Å². The summed E-state index contributed by atoms with van der Waals surface area (Å²) in [6, 6.07) is 0. The monoisotopic (exact) mass is 1190 g/mol. The van der Waals surface area contributed by atoms with Crippen LogP contribution in [-0.4, -0.2) is 82.3 Å². The molecule has 0 heterocycles. The summed E-state index contributed by atoms with van der Waals surface area (Å²) < 4.78 is 22.8. The van der Waals surface area contributed by atoms with Crippen molar-refractivity contribution in [3.05, 3.63) is 85.1 Å². The third-order valence-electron chi connectivity index (χ3n) is 15.6. The highest BCUT2D eigenvalue weighted by atomic mass is 16.7. The Kier molecular flexibility index (Phi) is 63.7. The highest BCUT2D eigenvalue weighted by Crippen LogP contribution is 2.18. The average molecular weight is 1190 g/mol. The normalized spacial score (nSPS) is 13.2. The van der Waals surface area contributed by atoms with E-state index in [-0.39, 0.29) is 32.2 Å². The Hall–Kier alpha value is -3.53. The Balaban J connectivity index is 4.08. The van der Waals surface area contributed by atoms with Crippen LogP contribution in [-0.2, 0) is 33.3 Å². The predicted octanol–water partition coefficient (Wildman–Crippen LogP) is 20.9. The van der Waals surface area contributed by atoms with Crippen molar-refractivity contribution < 1.29 is 42.9 Å². The Bertz CT molecular complexity index is 1670. The van der Waals surface area contributed by atoms with Crippen molar-refractivity contribution in [2.75, 3.05) is 47.5 Å². The number of ether oxygens (including phenoxy) is 4. The summed E-state index contributed by atoms with van der Waals surface area (Å²) in [5.74, 6) is -2.27. The van der Waals surface area contributed by atoms with Crippen LogP contribution < -0.4 is 5.11 Å². The van der Waals surface area contributed by atoms with Crippen LogP contribution in [0.25, 0.3) is 0 Å². The van der Waals surface area contributed by atoms with Crippen LogP contribution in [0.15, 0.2) is 85.1 Å². The van der Waals surface area contributed by atoms with Crippen LogP contribution in [0.1, 0.15) is 322 Å². The van der Waals surface area contributed by atoms with Crippen molar-refractivity contribution >= 4 is 17.9 Å². The zero-order valence-electron chi connectivity index (χ0n) is 56.2. The van der Waals surface area contributed by atoms with Gasteiger partial charge in [-0.25, -0.2) is 0 Å². The molecule has 0 spiro atoms. The van der Waals surface area contributed by atoms with Gasteiger partial charge in [0.2, 0.25) is 0 Å². The number of hydrogen-bond donors (Lipinski definition) is 0.